The number of benzene rings is 2. The Bertz CT molecular complexity index is 1080. The number of nitrogens with zero attached hydrogens (tertiary/aromatic N) is 3. The summed E-state index contributed by atoms with van der Waals surface area (Å²) in [5.74, 6) is 0.394. The van der Waals surface area contributed by atoms with E-state index in [1.165, 1.54) is 5.56 Å². The molecule has 0 radical (unpaired) electrons. The summed E-state index contributed by atoms with van der Waals surface area (Å²) in [6.45, 7) is 6.32. The van der Waals surface area contributed by atoms with E-state index >= 15 is 0 Å². The molecule has 2 aliphatic rings. The number of piperidine rings is 1. The van der Waals surface area contributed by atoms with Gasteiger partial charge in [0.25, 0.3) is 0 Å². The summed E-state index contributed by atoms with van der Waals surface area (Å²) in [7, 11) is 0. The van der Waals surface area contributed by atoms with E-state index in [4.69, 9.17) is 15.5 Å². The van der Waals surface area contributed by atoms with Crippen LogP contribution in [-0.4, -0.2) is 59.8 Å². The van der Waals surface area contributed by atoms with Crippen LogP contribution in [0.1, 0.15) is 34.8 Å². The molecule has 0 bridgehead atoms. The average molecular weight is 420 g/mol. The van der Waals surface area contributed by atoms with Gasteiger partial charge in [-0.25, -0.2) is 4.98 Å². The summed E-state index contributed by atoms with van der Waals surface area (Å²) < 4.78 is 7.78. The van der Waals surface area contributed by atoms with Gasteiger partial charge in [-0.15, -0.1) is 0 Å². The summed E-state index contributed by atoms with van der Waals surface area (Å²) in [6.07, 6.45) is 2.20. The summed E-state index contributed by atoms with van der Waals surface area (Å²) >= 11 is 0. The van der Waals surface area contributed by atoms with Crippen LogP contribution in [0.3, 0.4) is 0 Å². The van der Waals surface area contributed by atoms with E-state index in [1.807, 2.05) is 18.2 Å². The molecule has 1 aromatic heterocycles. The van der Waals surface area contributed by atoms with Crippen molar-refractivity contribution >= 4 is 16.9 Å². The number of hydrogen-bond acceptors (Lipinski definition) is 5. The van der Waals surface area contributed by atoms with E-state index in [2.05, 4.69) is 33.0 Å². The van der Waals surface area contributed by atoms with Crippen LogP contribution in [0.2, 0.25) is 0 Å². The van der Waals surface area contributed by atoms with Crippen molar-refractivity contribution in [3.05, 3.63) is 53.6 Å². The molecule has 2 saturated heterocycles. The minimum absolute atomic E-state index is 0.291. The standard InChI is InChI=1S/C24H29N5O2/c25-23(30)19-5-1-2-6-20(19)24-27-21-14-17(16-28-10-12-31-13-11-28)7-8-22(21)29(24)18-4-3-9-26-15-18/h1-2,5-8,14,18,26H,3-4,9-13,15-16H2,(H2,25,30). The lowest BCUT2D eigenvalue weighted by Crippen LogP contribution is -2.35. The highest BCUT2D eigenvalue weighted by molar-refractivity contribution is 5.99. The molecule has 2 aliphatic heterocycles. The lowest BCUT2D eigenvalue weighted by atomic mass is 10.0. The highest BCUT2D eigenvalue weighted by Gasteiger charge is 2.24. The van der Waals surface area contributed by atoms with Gasteiger partial charge in [0, 0.05) is 37.8 Å². The molecule has 3 N–H and O–H groups in total. The molecule has 0 aliphatic carbocycles. The number of carbonyl (C=O) groups excluding carboxylic acids is 1. The molecule has 162 valence electrons. The second-order valence-corrected chi connectivity index (χ2v) is 8.43. The van der Waals surface area contributed by atoms with Gasteiger partial charge in [0.1, 0.15) is 5.82 Å². The molecule has 1 amide bonds. The van der Waals surface area contributed by atoms with Gasteiger partial charge in [-0.1, -0.05) is 24.3 Å². The number of morpholine rings is 1. The number of amides is 1. The van der Waals surface area contributed by atoms with Crippen molar-refractivity contribution in [1.29, 1.82) is 0 Å². The first-order valence-electron chi connectivity index (χ1n) is 11.1. The molecule has 0 saturated carbocycles. The van der Waals surface area contributed by atoms with Gasteiger partial charge < -0.3 is 20.4 Å². The minimum atomic E-state index is -0.427. The van der Waals surface area contributed by atoms with Gasteiger partial charge in [0.15, 0.2) is 0 Å². The zero-order chi connectivity index (χ0) is 21.2. The van der Waals surface area contributed by atoms with Crippen LogP contribution in [0.4, 0.5) is 0 Å². The number of ether oxygens (including phenoxy) is 1. The van der Waals surface area contributed by atoms with E-state index in [0.717, 1.165) is 81.2 Å². The van der Waals surface area contributed by atoms with E-state index in [9.17, 15) is 4.79 Å². The Hall–Kier alpha value is -2.74. The molecule has 0 spiro atoms. The quantitative estimate of drug-likeness (QED) is 0.664. The lowest BCUT2D eigenvalue weighted by molar-refractivity contribution is 0.0342. The van der Waals surface area contributed by atoms with Crippen LogP contribution < -0.4 is 11.1 Å². The van der Waals surface area contributed by atoms with E-state index < -0.39 is 5.91 Å². The number of imidazole rings is 1. The molecular weight excluding hydrogens is 390 g/mol. The Labute approximate surface area is 182 Å². The number of rotatable bonds is 5. The van der Waals surface area contributed by atoms with E-state index in [-0.39, 0.29) is 0 Å². The van der Waals surface area contributed by atoms with E-state index in [0.29, 0.717) is 11.6 Å². The Morgan fingerprint density at radius 1 is 1.19 bits per heavy atom. The normalized spacial score (nSPS) is 20.2. The van der Waals surface area contributed by atoms with Crippen LogP contribution in [0.5, 0.6) is 0 Å². The van der Waals surface area contributed by atoms with Crippen molar-refractivity contribution in [2.75, 3.05) is 39.4 Å². The summed E-state index contributed by atoms with van der Waals surface area (Å²) in [4.78, 5) is 19.6. The monoisotopic (exact) mass is 419 g/mol. The number of hydrogen-bond donors (Lipinski definition) is 2. The topological polar surface area (TPSA) is 85.4 Å². The van der Waals surface area contributed by atoms with Crippen molar-refractivity contribution in [2.24, 2.45) is 5.73 Å². The molecule has 2 aromatic carbocycles. The van der Waals surface area contributed by atoms with Gasteiger partial charge in [-0.2, -0.15) is 0 Å². The average Bonchev–Trinajstić information content (AvgIpc) is 3.19. The number of nitrogens with two attached hydrogens (primary N) is 1. The molecule has 1 atom stereocenters. The largest absolute Gasteiger partial charge is 0.379 e. The van der Waals surface area contributed by atoms with Crippen LogP contribution in [-0.2, 0) is 11.3 Å². The molecule has 31 heavy (non-hydrogen) atoms. The van der Waals surface area contributed by atoms with Crippen molar-refractivity contribution in [3.63, 3.8) is 0 Å². The third kappa shape index (κ3) is 4.08. The molecule has 2 fully saturated rings. The molecule has 3 aromatic rings. The van der Waals surface area contributed by atoms with Crippen molar-refractivity contribution in [3.8, 4) is 11.4 Å². The number of fused-ring (bicyclic) bond motifs is 1. The molecular formula is C24H29N5O2. The number of carbonyl (C=O) groups is 1. The third-order valence-corrected chi connectivity index (χ3v) is 6.33. The summed E-state index contributed by atoms with van der Waals surface area (Å²) in [6, 6.07) is 14.4. The zero-order valence-electron chi connectivity index (χ0n) is 17.7. The first kappa shape index (κ1) is 20.2. The fourth-order valence-electron chi connectivity index (χ4n) is 4.77. The fourth-order valence-corrected chi connectivity index (χ4v) is 4.77. The van der Waals surface area contributed by atoms with Crippen LogP contribution in [0, 0.1) is 0 Å². The molecule has 3 heterocycles. The van der Waals surface area contributed by atoms with Crippen LogP contribution in [0.25, 0.3) is 22.4 Å². The third-order valence-electron chi connectivity index (χ3n) is 6.33. The fraction of sp³-hybridized carbons (Fsp3) is 0.417. The van der Waals surface area contributed by atoms with Gasteiger partial charge in [0.05, 0.1) is 29.8 Å². The Kier molecular flexibility index (Phi) is 5.72. The minimum Gasteiger partial charge on any atom is -0.379 e. The maximum Gasteiger partial charge on any atom is 0.249 e. The first-order chi connectivity index (χ1) is 15.2. The van der Waals surface area contributed by atoms with Gasteiger partial charge in [-0.05, 0) is 43.1 Å². The number of aromatic nitrogens is 2. The Morgan fingerprint density at radius 3 is 2.81 bits per heavy atom. The molecule has 5 rings (SSSR count). The predicted molar refractivity (Wildman–Crippen MR) is 121 cm³/mol. The van der Waals surface area contributed by atoms with Gasteiger partial charge in [-0.3, -0.25) is 9.69 Å². The summed E-state index contributed by atoms with van der Waals surface area (Å²) in [5, 5.41) is 3.51. The first-order valence-corrected chi connectivity index (χ1v) is 11.1. The number of nitrogens with one attached hydrogen (secondary N) is 1. The second kappa shape index (κ2) is 8.78. The highest BCUT2D eigenvalue weighted by Crippen LogP contribution is 2.33. The number of primary amides is 1. The lowest BCUT2D eigenvalue weighted by Gasteiger charge is -2.27. The maximum absolute atomic E-state index is 12.1. The smallest absolute Gasteiger partial charge is 0.249 e. The van der Waals surface area contributed by atoms with Crippen LogP contribution in [0.15, 0.2) is 42.5 Å². The molecule has 7 heteroatoms. The van der Waals surface area contributed by atoms with Gasteiger partial charge in [0.2, 0.25) is 5.91 Å². The SMILES string of the molecule is NC(=O)c1ccccc1-c1nc2cc(CN3CCOCC3)ccc2n1C1CCCNC1. The molecule has 1 unspecified atom stereocenters. The van der Waals surface area contributed by atoms with Crippen molar-refractivity contribution in [1.82, 2.24) is 19.8 Å². The van der Waals surface area contributed by atoms with Crippen LogP contribution >= 0.6 is 0 Å². The van der Waals surface area contributed by atoms with E-state index in [1.54, 1.807) is 6.07 Å². The van der Waals surface area contributed by atoms with Crippen molar-refractivity contribution < 1.29 is 9.53 Å². The van der Waals surface area contributed by atoms with Crippen molar-refractivity contribution in [2.45, 2.75) is 25.4 Å². The Morgan fingerprint density at radius 2 is 2.03 bits per heavy atom. The maximum atomic E-state index is 12.1. The highest BCUT2D eigenvalue weighted by atomic mass is 16.5. The second-order valence-electron chi connectivity index (χ2n) is 8.43. The zero-order valence-corrected chi connectivity index (χ0v) is 17.7. The van der Waals surface area contributed by atoms with Gasteiger partial charge >= 0.3 is 0 Å². The predicted octanol–water partition coefficient (Wildman–Crippen LogP) is 2.56. The summed E-state index contributed by atoms with van der Waals surface area (Å²) in [5.41, 5.74) is 10.3. The Balaban J connectivity index is 1.60. The molecule has 7 nitrogen and oxygen atoms in total.